The Labute approximate surface area is 93.3 Å². The fourth-order valence-corrected chi connectivity index (χ4v) is 1.52. The molecule has 0 saturated heterocycles. The van der Waals surface area contributed by atoms with Gasteiger partial charge >= 0.3 is 0 Å². The quantitative estimate of drug-likeness (QED) is 0.843. The summed E-state index contributed by atoms with van der Waals surface area (Å²) in [5.41, 5.74) is 6.38. The number of furan rings is 1. The largest absolute Gasteiger partial charge is 0.463 e. The lowest BCUT2D eigenvalue weighted by molar-refractivity contribution is 0.452. The van der Waals surface area contributed by atoms with E-state index in [2.05, 4.69) is 0 Å². The molecule has 0 aliphatic rings. The molecule has 0 amide bonds. The molecule has 0 spiro atoms. The van der Waals surface area contributed by atoms with Crippen LogP contribution in [0.1, 0.15) is 17.1 Å². The zero-order chi connectivity index (χ0) is 11.5. The van der Waals surface area contributed by atoms with Crippen LogP contribution in [-0.2, 0) is 13.1 Å². The lowest BCUT2D eigenvalue weighted by Crippen LogP contribution is -2.18. The first-order chi connectivity index (χ1) is 7.69. The highest BCUT2D eigenvalue weighted by Gasteiger charge is 2.02. The third kappa shape index (κ3) is 2.23. The molecule has 0 aliphatic heterocycles. The van der Waals surface area contributed by atoms with Crippen molar-refractivity contribution in [2.24, 2.45) is 5.73 Å². The highest BCUT2D eigenvalue weighted by atomic mass is 16.3. The minimum absolute atomic E-state index is 0.0225. The number of pyridine rings is 1. The zero-order valence-electron chi connectivity index (χ0n) is 9.14. The maximum absolute atomic E-state index is 11.6. The van der Waals surface area contributed by atoms with E-state index >= 15 is 0 Å². The monoisotopic (exact) mass is 218 g/mol. The molecule has 2 N–H and O–H groups in total. The molecule has 2 aromatic heterocycles. The molecule has 2 aromatic rings. The van der Waals surface area contributed by atoms with E-state index in [9.17, 15) is 4.79 Å². The van der Waals surface area contributed by atoms with Crippen LogP contribution in [0.15, 0.2) is 39.7 Å². The van der Waals surface area contributed by atoms with Gasteiger partial charge < -0.3 is 14.7 Å². The summed E-state index contributed by atoms with van der Waals surface area (Å²) >= 11 is 0. The van der Waals surface area contributed by atoms with Crippen LogP contribution in [0.2, 0.25) is 0 Å². The highest BCUT2D eigenvalue weighted by molar-refractivity contribution is 5.11. The van der Waals surface area contributed by atoms with Gasteiger partial charge in [0, 0.05) is 12.3 Å². The van der Waals surface area contributed by atoms with E-state index in [-0.39, 0.29) is 5.56 Å². The number of nitrogens with zero attached hydrogens (tertiary/aromatic N) is 1. The standard InChI is InChI=1S/C12H14N2O2/c1-9-4-5-14(12(15)6-9)8-11-3-2-10(7-13)16-11/h2-6H,7-8,13H2,1H3. The molecule has 0 atom stereocenters. The summed E-state index contributed by atoms with van der Waals surface area (Å²) in [7, 11) is 0. The van der Waals surface area contributed by atoms with Gasteiger partial charge in [0.05, 0.1) is 13.1 Å². The van der Waals surface area contributed by atoms with Gasteiger partial charge in [0.2, 0.25) is 0 Å². The third-order valence-electron chi connectivity index (χ3n) is 2.40. The van der Waals surface area contributed by atoms with E-state index in [1.165, 1.54) is 0 Å². The van der Waals surface area contributed by atoms with Crippen molar-refractivity contribution in [1.29, 1.82) is 0 Å². The predicted octanol–water partition coefficient (Wildman–Crippen LogP) is 1.26. The van der Waals surface area contributed by atoms with Crippen molar-refractivity contribution in [3.05, 3.63) is 57.9 Å². The van der Waals surface area contributed by atoms with E-state index in [1.807, 2.05) is 25.1 Å². The van der Waals surface area contributed by atoms with Crippen LogP contribution in [-0.4, -0.2) is 4.57 Å². The summed E-state index contributed by atoms with van der Waals surface area (Å²) < 4.78 is 7.04. The van der Waals surface area contributed by atoms with E-state index in [4.69, 9.17) is 10.2 Å². The number of hydrogen-bond donors (Lipinski definition) is 1. The maximum atomic E-state index is 11.6. The van der Waals surface area contributed by atoms with Crippen LogP contribution in [0, 0.1) is 6.92 Å². The molecule has 84 valence electrons. The Hall–Kier alpha value is -1.81. The molecule has 0 bridgehead atoms. The summed E-state index contributed by atoms with van der Waals surface area (Å²) in [6.07, 6.45) is 1.77. The van der Waals surface area contributed by atoms with E-state index < -0.39 is 0 Å². The Morgan fingerprint density at radius 3 is 2.69 bits per heavy atom. The van der Waals surface area contributed by atoms with Crippen molar-refractivity contribution in [3.8, 4) is 0 Å². The number of rotatable bonds is 3. The summed E-state index contributed by atoms with van der Waals surface area (Å²) in [6, 6.07) is 7.17. The summed E-state index contributed by atoms with van der Waals surface area (Å²) in [5, 5.41) is 0. The average molecular weight is 218 g/mol. The molecule has 4 nitrogen and oxygen atoms in total. The summed E-state index contributed by atoms with van der Waals surface area (Å²) in [4.78, 5) is 11.6. The zero-order valence-corrected chi connectivity index (χ0v) is 9.14. The van der Waals surface area contributed by atoms with Crippen molar-refractivity contribution in [2.75, 3.05) is 0 Å². The molecule has 0 aromatic carbocycles. The molecular weight excluding hydrogens is 204 g/mol. The van der Waals surface area contributed by atoms with Gasteiger partial charge in [0.15, 0.2) is 0 Å². The number of nitrogens with two attached hydrogens (primary N) is 1. The molecule has 16 heavy (non-hydrogen) atoms. The second-order valence-electron chi connectivity index (χ2n) is 3.74. The Kier molecular flexibility index (Phi) is 2.92. The molecular formula is C12H14N2O2. The molecule has 0 saturated carbocycles. The van der Waals surface area contributed by atoms with E-state index in [0.29, 0.717) is 13.1 Å². The summed E-state index contributed by atoms with van der Waals surface area (Å²) in [6.45, 7) is 2.72. The summed E-state index contributed by atoms with van der Waals surface area (Å²) in [5.74, 6) is 1.47. The van der Waals surface area contributed by atoms with Gasteiger partial charge in [0.1, 0.15) is 11.5 Å². The van der Waals surface area contributed by atoms with Crippen LogP contribution in [0.3, 0.4) is 0 Å². The maximum Gasteiger partial charge on any atom is 0.251 e. The smallest absolute Gasteiger partial charge is 0.251 e. The lowest BCUT2D eigenvalue weighted by Gasteiger charge is -2.03. The average Bonchev–Trinajstić information content (AvgIpc) is 2.70. The van der Waals surface area contributed by atoms with Crippen molar-refractivity contribution in [1.82, 2.24) is 4.57 Å². The Bertz CT molecular complexity index is 540. The van der Waals surface area contributed by atoms with Gasteiger partial charge in [-0.25, -0.2) is 0 Å². The fourth-order valence-electron chi connectivity index (χ4n) is 1.52. The van der Waals surface area contributed by atoms with Crippen LogP contribution >= 0.6 is 0 Å². The first-order valence-electron chi connectivity index (χ1n) is 5.14. The SMILES string of the molecule is Cc1ccn(Cc2ccc(CN)o2)c(=O)c1. The second kappa shape index (κ2) is 4.37. The van der Waals surface area contributed by atoms with Crippen molar-refractivity contribution in [2.45, 2.75) is 20.0 Å². The molecule has 0 fully saturated rings. The molecule has 4 heteroatoms. The number of hydrogen-bond acceptors (Lipinski definition) is 3. The molecule has 0 unspecified atom stereocenters. The molecule has 0 radical (unpaired) electrons. The van der Waals surface area contributed by atoms with Gasteiger partial charge in [-0.15, -0.1) is 0 Å². The van der Waals surface area contributed by atoms with Gasteiger partial charge in [0.25, 0.3) is 5.56 Å². The normalized spacial score (nSPS) is 10.6. The first-order valence-corrected chi connectivity index (χ1v) is 5.14. The van der Waals surface area contributed by atoms with Crippen LogP contribution in [0.25, 0.3) is 0 Å². The Balaban J connectivity index is 2.23. The minimum atomic E-state index is -0.0225. The van der Waals surface area contributed by atoms with Gasteiger partial charge in [-0.05, 0) is 30.7 Å². The molecule has 2 rings (SSSR count). The van der Waals surface area contributed by atoms with Crippen molar-refractivity contribution >= 4 is 0 Å². The highest BCUT2D eigenvalue weighted by Crippen LogP contribution is 2.08. The topological polar surface area (TPSA) is 61.2 Å². The van der Waals surface area contributed by atoms with Crippen molar-refractivity contribution < 1.29 is 4.42 Å². The second-order valence-corrected chi connectivity index (χ2v) is 3.74. The Morgan fingerprint density at radius 1 is 1.31 bits per heavy atom. The number of aryl methyl sites for hydroxylation is 1. The van der Waals surface area contributed by atoms with Gasteiger partial charge in [-0.3, -0.25) is 4.79 Å². The Morgan fingerprint density at radius 2 is 2.06 bits per heavy atom. The number of aromatic nitrogens is 1. The molecule has 2 heterocycles. The fraction of sp³-hybridized carbons (Fsp3) is 0.250. The van der Waals surface area contributed by atoms with Crippen LogP contribution < -0.4 is 11.3 Å². The minimum Gasteiger partial charge on any atom is -0.463 e. The molecule has 0 aliphatic carbocycles. The van der Waals surface area contributed by atoms with Gasteiger partial charge in [-0.1, -0.05) is 0 Å². The van der Waals surface area contributed by atoms with Crippen LogP contribution in [0.5, 0.6) is 0 Å². The van der Waals surface area contributed by atoms with Gasteiger partial charge in [-0.2, -0.15) is 0 Å². The van der Waals surface area contributed by atoms with Crippen molar-refractivity contribution in [3.63, 3.8) is 0 Å². The van der Waals surface area contributed by atoms with E-state index in [1.54, 1.807) is 16.8 Å². The predicted molar refractivity (Wildman–Crippen MR) is 61.1 cm³/mol. The third-order valence-corrected chi connectivity index (χ3v) is 2.40. The van der Waals surface area contributed by atoms with E-state index in [0.717, 1.165) is 17.1 Å². The van der Waals surface area contributed by atoms with Crippen LogP contribution in [0.4, 0.5) is 0 Å². The lowest BCUT2D eigenvalue weighted by atomic mass is 10.3. The first kappa shape index (κ1) is 10.7.